The van der Waals surface area contributed by atoms with Crippen molar-refractivity contribution in [2.45, 2.75) is 13.8 Å². The highest BCUT2D eigenvalue weighted by Gasteiger charge is 2.18. The fourth-order valence-electron chi connectivity index (χ4n) is 2.08. The normalized spacial score (nSPS) is 11.2. The molecular weight excluding hydrogens is 361 g/mol. The number of fused-ring (bicyclic) bond motifs is 1. The first-order valence-corrected chi connectivity index (χ1v) is 7.51. The molecule has 0 saturated carbocycles. The average molecular weight is 371 g/mol. The zero-order valence-corrected chi connectivity index (χ0v) is 13.9. The molecule has 2 heterocycles. The number of halogens is 3. The molecule has 0 atom stereocenters. The number of hydrogen-bond acceptors (Lipinski definition) is 2. The van der Waals surface area contributed by atoms with Gasteiger partial charge in [0.1, 0.15) is 10.3 Å². The van der Waals surface area contributed by atoms with Gasteiger partial charge in [0.05, 0.1) is 11.3 Å². The Morgan fingerprint density at radius 3 is 2.65 bits per heavy atom. The van der Waals surface area contributed by atoms with Crippen LogP contribution in [0.1, 0.15) is 11.3 Å². The van der Waals surface area contributed by atoms with E-state index in [-0.39, 0.29) is 0 Å². The summed E-state index contributed by atoms with van der Waals surface area (Å²) in [6.07, 6.45) is 0. The van der Waals surface area contributed by atoms with Crippen LogP contribution in [-0.2, 0) is 0 Å². The van der Waals surface area contributed by atoms with Crippen LogP contribution >= 0.6 is 39.1 Å². The quantitative estimate of drug-likeness (QED) is 0.559. The van der Waals surface area contributed by atoms with E-state index in [0.29, 0.717) is 21.5 Å². The molecule has 3 aromatic rings. The third kappa shape index (κ3) is 2.12. The van der Waals surface area contributed by atoms with E-state index in [9.17, 15) is 0 Å². The molecule has 2 aromatic heterocycles. The van der Waals surface area contributed by atoms with Crippen LogP contribution < -0.4 is 0 Å². The monoisotopic (exact) mass is 369 g/mol. The minimum atomic E-state index is 0.378. The van der Waals surface area contributed by atoms with Gasteiger partial charge in [-0.1, -0.05) is 51.3 Å². The lowest BCUT2D eigenvalue weighted by molar-refractivity contribution is 0.919. The first-order chi connectivity index (χ1) is 9.49. The Bertz CT molecular complexity index is 827. The van der Waals surface area contributed by atoms with Crippen molar-refractivity contribution in [1.82, 2.24) is 14.6 Å². The molecule has 1 aromatic carbocycles. The summed E-state index contributed by atoms with van der Waals surface area (Å²) in [4.78, 5) is 4.43. The van der Waals surface area contributed by atoms with E-state index in [0.717, 1.165) is 21.3 Å². The van der Waals surface area contributed by atoms with Gasteiger partial charge in [0.15, 0.2) is 5.65 Å². The van der Waals surface area contributed by atoms with Crippen molar-refractivity contribution in [3.8, 4) is 11.1 Å². The number of aryl methyl sites for hydroxylation is 2. The summed E-state index contributed by atoms with van der Waals surface area (Å²) in [6.45, 7) is 3.88. The number of nitrogens with zero attached hydrogens (tertiary/aromatic N) is 3. The molecule has 0 saturated heterocycles. The Kier molecular flexibility index (Phi) is 3.48. The molecule has 0 aliphatic carbocycles. The smallest absolute Gasteiger partial charge is 0.161 e. The maximum absolute atomic E-state index is 6.48. The zero-order chi connectivity index (χ0) is 14.4. The molecule has 102 valence electrons. The second kappa shape index (κ2) is 5.02. The molecule has 0 radical (unpaired) electrons. The van der Waals surface area contributed by atoms with Crippen molar-refractivity contribution < 1.29 is 0 Å². The highest BCUT2D eigenvalue weighted by molar-refractivity contribution is 9.10. The molecule has 0 aliphatic heterocycles. The summed E-state index contributed by atoms with van der Waals surface area (Å²) in [5, 5.41) is 5.26. The van der Waals surface area contributed by atoms with Gasteiger partial charge >= 0.3 is 0 Å². The summed E-state index contributed by atoms with van der Waals surface area (Å²) in [7, 11) is 0. The van der Waals surface area contributed by atoms with E-state index in [1.54, 1.807) is 4.52 Å². The molecule has 0 unspecified atom stereocenters. The van der Waals surface area contributed by atoms with Gasteiger partial charge in [0.25, 0.3) is 0 Å². The first-order valence-electron chi connectivity index (χ1n) is 5.96. The fourth-order valence-corrected chi connectivity index (χ4v) is 3.13. The summed E-state index contributed by atoms with van der Waals surface area (Å²) in [5.41, 5.74) is 4.15. The van der Waals surface area contributed by atoms with Crippen LogP contribution in [0.2, 0.25) is 10.3 Å². The maximum atomic E-state index is 6.48. The minimum Gasteiger partial charge on any atom is -0.216 e. The van der Waals surface area contributed by atoms with Gasteiger partial charge in [0.2, 0.25) is 0 Å². The maximum Gasteiger partial charge on any atom is 0.161 e. The Labute approximate surface area is 134 Å². The topological polar surface area (TPSA) is 30.2 Å². The molecular formula is C14H10BrCl2N3. The second-order valence-corrected chi connectivity index (χ2v) is 6.16. The van der Waals surface area contributed by atoms with Crippen molar-refractivity contribution in [3.05, 3.63) is 50.3 Å². The van der Waals surface area contributed by atoms with Crippen molar-refractivity contribution in [2.75, 3.05) is 0 Å². The van der Waals surface area contributed by atoms with Gasteiger partial charge in [-0.2, -0.15) is 5.10 Å². The summed E-state index contributed by atoms with van der Waals surface area (Å²) in [5.74, 6) is 0. The fraction of sp³-hybridized carbons (Fsp3) is 0.143. The van der Waals surface area contributed by atoms with Gasteiger partial charge in [-0.15, -0.1) is 0 Å². The Balaban J connectivity index is 2.37. The standard InChI is InChI=1S/C14H10BrCl2N3/c1-7-8(2)19-20-13(17)11(12(16)18-14(7)20)9-4-3-5-10(15)6-9/h3-6H,1-2H3. The SMILES string of the molecule is Cc1nn2c(Cl)c(-c3cccc(Br)c3)c(Cl)nc2c1C. The summed E-state index contributed by atoms with van der Waals surface area (Å²) in [6, 6.07) is 7.76. The van der Waals surface area contributed by atoms with Crippen molar-refractivity contribution in [2.24, 2.45) is 0 Å². The van der Waals surface area contributed by atoms with E-state index >= 15 is 0 Å². The molecule has 0 aliphatic rings. The average Bonchev–Trinajstić information content (AvgIpc) is 2.67. The van der Waals surface area contributed by atoms with Gasteiger partial charge < -0.3 is 0 Å². The summed E-state index contributed by atoms with van der Waals surface area (Å²) < 4.78 is 2.59. The lowest BCUT2D eigenvalue weighted by atomic mass is 10.1. The van der Waals surface area contributed by atoms with Crippen LogP contribution in [0.4, 0.5) is 0 Å². The highest BCUT2D eigenvalue weighted by atomic mass is 79.9. The molecule has 0 bridgehead atoms. The van der Waals surface area contributed by atoms with E-state index in [2.05, 4.69) is 26.0 Å². The number of benzene rings is 1. The van der Waals surface area contributed by atoms with Crippen molar-refractivity contribution >= 4 is 44.8 Å². The van der Waals surface area contributed by atoms with Crippen molar-refractivity contribution in [1.29, 1.82) is 0 Å². The van der Waals surface area contributed by atoms with E-state index in [4.69, 9.17) is 23.2 Å². The predicted molar refractivity (Wildman–Crippen MR) is 85.6 cm³/mol. The predicted octanol–water partition coefficient (Wildman–Crippen LogP) is 5.08. The molecule has 6 heteroatoms. The Morgan fingerprint density at radius 1 is 1.20 bits per heavy atom. The lowest BCUT2D eigenvalue weighted by Crippen LogP contribution is -1.97. The van der Waals surface area contributed by atoms with E-state index in [1.807, 2.05) is 38.1 Å². The summed E-state index contributed by atoms with van der Waals surface area (Å²) >= 11 is 16.2. The minimum absolute atomic E-state index is 0.378. The van der Waals surface area contributed by atoms with Crippen LogP contribution in [0.3, 0.4) is 0 Å². The molecule has 3 nitrogen and oxygen atoms in total. The van der Waals surface area contributed by atoms with Crippen LogP contribution in [0, 0.1) is 13.8 Å². The van der Waals surface area contributed by atoms with E-state index < -0.39 is 0 Å². The molecule has 0 fully saturated rings. The number of rotatable bonds is 1. The Morgan fingerprint density at radius 2 is 1.95 bits per heavy atom. The Hall–Kier alpha value is -1.10. The molecule has 20 heavy (non-hydrogen) atoms. The van der Waals surface area contributed by atoms with Crippen molar-refractivity contribution in [3.63, 3.8) is 0 Å². The van der Waals surface area contributed by atoms with Gasteiger partial charge in [-0.05, 0) is 31.5 Å². The molecule has 0 spiro atoms. The third-order valence-corrected chi connectivity index (χ3v) is 4.36. The molecule has 0 N–H and O–H groups in total. The van der Waals surface area contributed by atoms with Crippen LogP contribution in [0.15, 0.2) is 28.7 Å². The lowest BCUT2D eigenvalue weighted by Gasteiger charge is -2.09. The van der Waals surface area contributed by atoms with Gasteiger partial charge in [-0.25, -0.2) is 9.50 Å². The van der Waals surface area contributed by atoms with Crippen LogP contribution in [-0.4, -0.2) is 14.6 Å². The third-order valence-electron chi connectivity index (χ3n) is 3.24. The van der Waals surface area contributed by atoms with Crippen LogP contribution in [0.25, 0.3) is 16.8 Å². The number of hydrogen-bond donors (Lipinski definition) is 0. The first kappa shape index (κ1) is 13.9. The number of aromatic nitrogens is 3. The highest BCUT2D eigenvalue weighted by Crippen LogP contribution is 2.35. The van der Waals surface area contributed by atoms with Crippen LogP contribution in [0.5, 0.6) is 0 Å². The largest absolute Gasteiger partial charge is 0.216 e. The molecule has 3 rings (SSSR count). The molecule has 0 amide bonds. The second-order valence-electron chi connectivity index (χ2n) is 4.52. The zero-order valence-electron chi connectivity index (χ0n) is 10.8. The van der Waals surface area contributed by atoms with Gasteiger partial charge in [0, 0.05) is 10.0 Å². The van der Waals surface area contributed by atoms with E-state index in [1.165, 1.54) is 0 Å². The van der Waals surface area contributed by atoms with Gasteiger partial charge in [-0.3, -0.25) is 0 Å².